The van der Waals surface area contributed by atoms with Gasteiger partial charge >= 0.3 is 0 Å². The Morgan fingerprint density at radius 3 is 2.33 bits per heavy atom. The van der Waals surface area contributed by atoms with Crippen LogP contribution in [-0.4, -0.2) is 7.11 Å². The Hall–Kier alpha value is -2.00. The Balaban J connectivity index is 2.22. The van der Waals surface area contributed by atoms with Crippen molar-refractivity contribution in [1.29, 1.82) is 0 Å². The average Bonchev–Trinajstić information content (AvgIpc) is 2.41. The van der Waals surface area contributed by atoms with Gasteiger partial charge in [0.15, 0.2) is 11.5 Å². The van der Waals surface area contributed by atoms with Crippen molar-refractivity contribution in [3.8, 4) is 17.2 Å². The predicted molar refractivity (Wildman–Crippen MR) is 72.1 cm³/mol. The fraction of sp³-hybridized carbons (Fsp3) is 0.200. The van der Waals surface area contributed by atoms with Crippen LogP contribution in [0.3, 0.4) is 0 Å². The molecule has 0 aliphatic carbocycles. The summed E-state index contributed by atoms with van der Waals surface area (Å²) in [7, 11) is 1.64. The Kier molecular flexibility index (Phi) is 3.85. The molecule has 0 bridgehead atoms. The molecule has 0 aliphatic rings. The minimum atomic E-state index is 0.536. The van der Waals surface area contributed by atoms with Crippen LogP contribution in [0.1, 0.15) is 11.1 Å². The van der Waals surface area contributed by atoms with E-state index in [-0.39, 0.29) is 0 Å². The van der Waals surface area contributed by atoms with Gasteiger partial charge in [-0.25, -0.2) is 0 Å². The lowest BCUT2D eigenvalue weighted by Gasteiger charge is -2.11. The van der Waals surface area contributed by atoms with Crippen LogP contribution >= 0.6 is 0 Å². The number of aryl methyl sites for hydroxylation is 1. The van der Waals surface area contributed by atoms with Crippen LogP contribution in [-0.2, 0) is 6.54 Å². The first-order valence-electron chi connectivity index (χ1n) is 5.84. The smallest absolute Gasteiger partial charge is 0.169 e. The summed E-state index contributed by atoms with van der Waals surface area (Å²) in [5.74, 6) is 2.22. The number of hydrogen-bond donors (Lipinski definition) is 1. The molecule has 0 aromatic heterocycles. The van der Waals surface area contributed by atoms with Crippen molar-refractivity contribution < 1.29 is 9.47 Å². The molecule has 0 aliphatic heterocycles. The van der Waals surface area contributed by atoms with Crippen LogP contribution in [0.15, 0.2) is 42.5 Å². The highest BCUT2D eigenvalue weighted by molar-refractivity contribution is 5.45. The zero-order chi connectivity index (χ0) is 13.0. The topological polar surface area (TPSA) is 44.5 Å². The Morgan fingerprint density at radius 1 is 1.00 bits per heavy atom. The number of rotatable bonds is 4. The van der Waals surface area contributed by atoms with Gasteiger partial charge in [-0.1, -0.05) is 18.2 Å². The molecule has 0 amide bonds. The lowest BCUT2D eigenvalue weighted by molar-refractivity contribution is 0.378. The predicted octanol–water partition coefficient (Wildman–Crippen LogP) is 3.25. The fourth-order valence-electron chi connectivity index (χ4n) is 1.68. The Bertz CT molecular complexity index is 521. The van der Waals surface area contributed by atoms with E-state index in [9.17, 15) is 0 Å². The van der Waals surface area contributed by atoms with E-state index in [1.807, 2.05) is 49.4 Å². The zero-order valence-electron chi connectivity index (χ0n) is 10.6. The van der Waals surface area contributed by atoms with Crippen molar-refractivity contribution in [2.75, 3.05) is 7.11 Å². The number of benzene rings is 2. The van der Waals surface area contributed by atoms with Crippen LogP contribution in [0.5, 0.6) is 17.2 Å². The van der Waals surface area contributed by atoms with Crippen molar-refractivity contribution in [3.63, 3.8) is 0 Å². The van der Waals surface area contributed by atoms with Crippen LogP contribution < -0.4 is 15.2 Å². The summed E-state index contributed by atoms with van der Waals surface area (Å²) in [6.45, 7) is 2.55. The summed E-state index contributed by atoms with van der Waals surface area (Å²) in [6, 6.07) is 13.6. The van der Waals surface area contributed by atoms with Crippen LogP contribution in [0.4, 0.5) is 0 Å². The third-order valence-electron chi connectivity index (χ3n) is 2.71. The first-order valence-corrected chi connectivity index (χ1v) is 5.84. The summed E-state index contributed by atoms with van der Waals surface area (Å²) in [5, 5.41) is 0. The van der Waals surface area contributed by atoms with Gasteiger partial charge in [0.25, 0.3) is 0 Å². The fourth-order valence-corrected chi connectivity index (χ4v) is 1.68. The molecule has 18 heavy (non-hydrogen) atoms. The molecular weight excluding hydrogens is 226 g/mol. The van der Waals surface area contributed by atoms with Gasteiger partial charge in [0, 0.05) is 6.54 Å². The SMILES string of the molecule is COc1cc(C)ccc1Oc1ccc(CN)cc1. The van der Waals surface area contributed by atoms with Gasteiger partial charge in [-0.15, -0.1) is 0 Å². The molecule has 0 spiro atoms. The highest BCUT2D eigenvalue weighted by atomic mass is 16.5. The maximum atomic E-state index is 5.79. The highest BCUT2D eigenvalue weighted by Crippen LogP contribution is 2.32. The van der Waals surface area contributed by atoms with Gasteiger partial charge in [-0.3, -0.25) is 0 Å². The van der Waals surface area contributed by atoms with Crippen LogP contribution in [0.25, 0.3) is 0 Å². The minimum absolute atomic E-state index is 0.536. The monoisotopic (exact) mass is 243 g/mol. The van der Waals surface area contributed by atoms with E-state index in [0.29, 0.717) is 12.3 Å². The molecule has 2 aromatic rings. The quantitative estimate of drug-likeness (QED) is 0.896. The molecule has 2 rings (SSSR count). The van der Waals surface area contributed by atoms with Gasteiger partial charge in [0.2, 0.25) is 0 Å². The number of methoxy groups -OCH3 is 1. The van der Waals surface area contributed by atoms with Crippen molar-refractivity contribution in [1.82, 2.24) is 0 Å². The van der Waals surface area contributed by atoms with E-state index in [1.165, 1.54) is 0 Å². The van der Waals surface area contributed by atoms with E-state index in [1.54, 1.807) is 7.11 Å². The first-order chi connectivity index (χ1) is 8.72. The lowest BCUT2D eigenvalue weighted by atomic mass is 10.2. The second-order valence-electron chi connectivity index (χ2n) is 4.10. The molecule has 0 heterocycles. The summed E-state index contributed by atoms with van der Waals surface area (Å²) < 4.78 is 11.1. The molecule has 0 saturated heterocycles. The van der Waals surface area contributed by atoms with Crippen molar-refractivity contribution in [2.45, 2.75) is 13.5 Å². The zero-order valence-corrected chi connectivity index (χ0v) is 10.6. The van der Waals surface area contributed by atoms with E-state index in [4.69, 9.17) is 15.2 Å². The summed E-state index contributed by atoms with van der Waals surface area (Å²) >= 11 is 0. The Labute approximate surface area is 107 Å². The van der Waals surface area contributed by atoms with Gasteiger partial charge in [-0.2, -0.15) is 0 Å². The molecule has 0 saturated carbocycles. The van der Waals surface area contributed by atoms with Crippen molar-refractivity contribution in [3.05, 3.63) is 53.6 Å². The summed E-state index contributed by atoms with van der Waals surface area (Å²) in [6.07, 6.45) is 0. The van der Waals surface area contributed by atoms with E-state index < -0.39 is 0 Å². The number of hydrogen-bond acceptors (Lipinski definition) is 3. The van der Waals surface area contributed by atoms with E-state index in [0.717, 1.165) is 22.6 Å². The van der Waals surface area contributed by atoms with Crippen molar-refractivity contribution >= 4 is 0 Å². The third-order valence-corrected chi connectivity index (χ3v) is 2.71. The number of ether oxygens (including phenoxy) is 2. The average molecular weight is 243 g/mol. The molecule has 3 heteroatoms. The van der Waals surface area contributed by atoms with Crippen molar-refractivity contribution in [2.24, 2.45) is 5.73 Å². The highest BCUT2D eigenvalue weighted by Gasteiger charge is 2.05. The van der Waals surface area contributed by atoms with E-state index >= 15 is 0 Å². The van der Waals surface area contributed by atoms with Crippen LogP contribution in [0, 0.1) is 6.92 Å². The molecule has 0 atom stereocenters. The normalized spacial score (nSPS) is 10.2. The largest absolute Gasteiger partial charge is 0.493 e. The maximum absolute atomic E-state index is 5.79. The van der Waals surface area contributed by atoms with Gasteiger partial charge in [-0.05, 0) is 42.3 Å². The molecule has 0 fully saturated rings. The molecule has 94 valence electrons. The number of nitrogens with two attached hydrogens (primary N) is 1. The van der Waals surface area contributed by atoms with Gasteiger partial charge in [0.1, 0.15) is 5.75 Å². The third kappa shape index (κ3) is 2.81. The first kappa shape index (κ1) is 12.5. The molecular formula is C15H17NO2. The van der Waals surface area contributed by atoms with Gasteiger partial charge < -0.3 is 15.2 Å². The molecule has 2 aromatic carbocycles. The van der Waals surface area contributed by atoms with Gasteiger partial charge in [0.05, 0.1) is 7.11 Å². The maximum Gasteiger partial charge on any atom is 0.169 e. The minimum Gasteiger partial charge on any atom is -0.493 e. The summed E-state index contributed by atoms with van der Waals surface area (Å²) in [4.78, 5) is 0. The van der Waals surface area contributed by atoms with Crippen LogP contribution in [0.2, 0.25) is 0 Å². The summed E-state index contributed by atoms with van der Waals surface area (Å²) in [5.41, 5.74) is 7.77. The van der Waals surface area contributed by atoms with E-state index in [2.05, 4.69) is 0 Å². The molecule has 3 nitrogen and oxygen atoms in total. The second kappa shape index (κ2) is 5.56. The molecule has 0 unspecified atom stereocenters. The molecule has 0 radical (unpaired) electrons. The Morgan fingerprint density at radius 2 is 1.72 bits per heavy atom. The molecule has 2 N–H and O–H groups in total. The standard InChI is InChI=1S/C15H17NO2/c1-11-3-8-14(15(9-11)17-2)18-13-6-4-12(10-16)5-7-13/h3-9H,10,16H2,1-2H3. The second-order valence-corrected chi connectivity index (χ2v) is 4.10. The lowest BCUT2D eigenvalue weighted by Crippen LogP contribution is -1.95.